The van der Waals surface area contributed by atoms with Gasteiger partial charge in [-0.3, -0.25) is 4.79 Å². The lowest BCUT2D eigenvalue weighted by molar-refractivity contribution is 0.102. The molecule has 0 atom stereocenters. The summed E-state index contributed by atoms with van der Waals surface area (Å²) in [7, 11) is -2.90. The number of ether oxygens (including phenoxy) is 1. The van der Waals surface area contributed by atoms with Gasteiger partial charge in [0.1, 0.15) is 10.6 Å². The highest BCUT2D eigenvalue weighted by Crippen LogP contribution is 2.26. The van der Waals surface area contributed by atoms with Gasteiger partial charge in [0.2, 0.25) is 10.0 Å². The minimum Gasteiger partial charge on any atom is -0.495 e. The minimum atomic E-state index is -4.13. The molecular weight excluding hydrogens is 349 g/mol. The highest BCUT2D eigenvalue weighted by molar-refractivity contribution is 7.89. The van der Waals surface area contributed by atoms with Gasteiger partial charge in [-0.2, -0.15) is 0 Å². The number of carbonyl (C=O) groups is 1. The van der Waals surface area contributed by atoms with Crippen LogP contribution in [0.4, 0.5) is 18.9 Å². The summed E-state index contributed by atoms with van der Waals surface area (Å²) in [5.74, 6) is -5.78. The molecule has 6 nitrogen and oxygen atoms in total. The van der Waals surface area contributed by atoms with Crippen molar-refractivity contribution in [2.75, 3.05) is 12.4 Å². The van der Waals surface area contributed by atoms with Gasteiger partial charge in [-0.1, -0.05) is 0 Å². The molecule has 0 bridgehead atoms. The maximum Gasteiger partial charge on any atom is 0.255 e. The first-order valence-corrected chi connectivity index (χ1v) is 7.85. The van der Waals surface area contributed by atoms with E-state index in [-0.39, 0.29) is 16.3 Å². The van der Waals surface area contributed by atoms with E-state index in [2.05, 4.69) is 5.32 Å². The highest BCUT2D eigenvalue weighted by Gasteiger charge is 2.18. The van der Waals surface area contributed by atoms with Crippen LogP contribution in [0.15, 0.2) is 35.2 Å². The van der Waals surface area contributed by atoms with Crippen molar-refractivity contribution in [2.45, 2.75) is 4.90 Å². The standard InChI is InChI=1S/C14H11F3N2O4S/c1-23-11-3-2-8(6-12(11)24(18,21)22)19-14(20)7-4-9(15)13(17)10(16)5-7/h2-6H,1H3,(H,19,20)(H2,18,21,22). The molecular formula is C14H11F3N2O4S. The largest absolute Gasteiger partial charge is 0.495 e. The number of nitrogens with one attached hydrogen (secondary N) is 1. The van der Waals surface area contributed by atoms with E-state index in [0.29, 0.717) is 12.1 Å². The lowest BCUT2D eigenvalue weighted by Gasteiger charge is -2.10. The van der Waals surface area contributed by atoms with E-state index in [1.165, 1.54) is 19.2 Å². The van der Waals surface area contributed by atoms with Crippen molar-refractivity contribution in [3.8, 4) is 5.75 Å². The van der Waals surface area contributed by atoms with Gasteiger partial charge in [-0.25, -0.2) is 26.7 Å². The normalized spacial score (nSPS) is 11.2. The second-order valence-electron chi connectivity index (χ2n) is 4.62. The van der Waals surface area contributed by atoms with E-state index in [4.69, 9.17) is 9.88 Å². The third-order valence-electron chi connectivity index (χ3n) is 2.97. The van der Waals surface area contributed by atoms with Crippen molar-refractivity contribution in [1.82, 2.24) is 0 Å². The van der Waals surface area contributed by atoms with Gasteiger partial charge in [0, 0.05) is 11.3 Å². The molecule has 128 valence electrons. The molecule has 2 rings (SSSR count). The van der Waals surface area contributed by atoms with Crippen LogP contribution in [-0.4, -0.2) is 21.4 Å². The number of hydrogen-bond acceptors (Lipinski definition) is 4. The van der Waals surface area contributed by atoms with E-state index in [1.807, 2.05) is 0 Å². The molecule has 0 aliphatic carbocycles. The number of anilines is 1. The second-order valence-corrected chi connectivity index (χ2v) is 6.15. The summed E-state index contributed by atoms with van der Waals surface area (Å²) in [6.07, 6.45) is 0. The van der Waals surface area contributed by atoms with Crippen LogP contribution < -0.4 is 15.2 Å². The Bertz CT molecular complexity index is 893. The maximum atomic E-state index is 13.2. The van der Waals surface area contributed by atoms with Crippen molar-refractivity contribution in [2.24, 2.45) is 5.14 Å². The van der Waals surface area contributed by atoms with E-state index < -0.39 is 38.9 Å². The van der Waals surface area contributed by atoms with Crippen molar-refractivity contribution < 1.29 is 31.1 Å². The van der Waals surface area contributed by atoms with Crippen LogP contribution in [0, 0.1) is 17.5 Å². The Morgan fingerprint density at radius 2 is 1.71 bits per heavy atom. The molecule has 0 spiro atoms. The zero-order chi connectivity index (χ0) is 18.1. The summed E-state index contributed by atoms with van der Waals surface area (Å²) in [4.78, 5) is 11.6. The number of nitrogens with two attached hydrogens (primary N) is 1. The topological polar surface area (TPSA) is 98.5 Å². The fourth-order valence-electron chi connectivity index (χ4n) is 1.87. The average molecular weight is 360 g/mol. The van der Waals surface area contributed by atoms with E-state index in [1.54, 1.807) is 0 Å². The quantitative estimate of drug-likeness (QED) is 0.815. The predicted octanol–water partition coefficient (Wildman–Crippen LogP) is 2.01. The van der Waals surface area contributed by atoms with Crippen LogP contribution in [-0.2, 0) is 10.0 Å². The van der Waals surface area contributed by atoms with Crippen LogP contribution >= 0.6 is 0 Å². The molecule has 0 saturated heterocycles. The summed E-state index contributed by atoms with van der Waals surface area (Å²) in [6.45, 7) is 0. The van der Waals surface area contributed by atoms with Gasteiger partial charge in [-0.15, -0.1) is 0 Å². The lowest BCUT2D eigenvalue weighted by Crippen LogP contribution is -2.16. The first-order chi connectivity index (χ1) is 11.1. The van der Waals surface area contributed by atoms with Gasteiger partial charge in [-0.05, 0) is 30.3 Å². The number of carbonyl (C=O) groups excluding carboxylic acids is 1. The number of sulfonamides is 1. The van der Waals surface area contributed by atoms with Crippen molar-refractivity contribution >= 4 is 21.6 Å². The maximum absolute atomic E-state index is 13.2. The van der Waals surface area contributed by atoms with Crippen LogP contribution in [0.1, 0.15) is 10.4 Å². The van der Waals surface area contributed by atoms with E-state index >= 15 is 0 Å². The number of hydrogen-bond donors (Lipinski definition) is 2. The number of primary sulfonamides is 1. The average Bonchev–Trinajstić information content (AvgIpc) is 2.51. The van der Waals surface area contributed by atoms with Gasteiger partial charge < -0.3 is 10.1 Å². The summed E-state index contributed by atoms with van der Waals surface area (Å²) < 4.78 is 67.0. The van der Waals surface area contributed by atoms with Gasteiger partial charge >= 0.3 is 0 Å². The van der Waals surface area contributed by atoms with Crippen molar-refractivity contribution in [1.29, 1.82) is 0 Å². The van der Waals surface area contributed by atoms with Gasteiger partial charge in [0.15, 0.2) is 17.5 Å². The van der Waals surface area contributed by atoms with Gasteiger partial charge in [0.25, 0.3) is 5.91 Å². The van der Waals surface area contributed by atoms with E-state index in [0.717, 1.165) is 6.07 Å². The third kappa shape index (κ3) is 3.66. The molecule has 2 aromatic rings. The highest BCUT2D eigenvalue weighted by atomic mass is 32.2. The minimum absolute atomic E-state index is 0.0185. The molecule has 24 heavy (non-hydrogen) atoms. The first kappa shape index (κ1) is 17.8. The Morgan fingerprint density at radius 1 is 1.12 bits per heavy atom. The molecule has 2 aromatic carbocycles. The number of benzene rings is 2. The molecule has 0 radical (unpaired) electrons. The molecule has 0 heterocycles. The molecule has 0 saturated carbocycles. The van der Waals surface area contributed by atoms with Crippen LogP contribution in [0.25, 0.3) is 0 Å². The smallest absolute Gasteiger partial charge is 0.255 e. The predicted molar refractivity (Wildman–Crippen MR) is 78.6 cm³/mol. The van der Waals surface area contributed by atoms with E-state index in [9.17, 15) is 26.4 Å². The van der Waals surface area contributed by atoms with Crippen LogP contribution in [0.2, 0.25) is 0 Å². The molecule has 0 fully saturated rings. The summed E-state index contributed by atoms with van der Waals surface area (Å²) in [5, 5.41) is 7.26. The van der Waals surface area contributed by atoms with Crippen LogP contribution in [0.3, 0.4) is 0 Å². The molecule has 0 aliphatic rings. The molecule has 0 aromatic heterocycles. The Hall–Kier alpha value is -2.59. The Labute approximate surface area is 135 Å². The molecule has 1 amide bonds. The SMILES string of the molecule is COc1ccc(NC(=O)c2cc(F)c(F)c(F)c2)cc1S(N)(=O)=O. The first-order valence-electron chi connectivity index (χ1n) is 6.30. The zero-order valence-electron chi connectivity index (χ0n) is 12.1. The number of rotatable bonds is 4. The lowest BCUT2D eigenvalue weighted by atomic mass is 10.2. The Morgan fingerprint density at radius 3 is 2.21 bits per heavy atom. The fraction of sp³-hybridized carbons (Fsp3) is 0.0714. The number of methoxy groups -OCH3 is 1. The number of halogens is 3. The summed E-state index contributed by atoms with van der Waals surface area (Å²) in [5.41, 5.74) is -0.505. The molecule has 0 aliphatic heterocycles. The molecule has 10 heteroatoms. The second kappa shape index (κ2) is 6.49. The van der Waals surface area contributed by atoms with Gasteiger partial charge in [0.05, 0.1) is 7.11 Å². The Balaban J connectivity index is 2.36. The summed E-state index contributed by atoms with van der Waals surface area (Å²) in [6, 6.07) is 4.57. The van der Waals surface area contributed by atoms with Crippen molar-refractivity contribution in [3.05, 3.63) is 53.3 Å². The fourth-order valence-corrected chi connectivity index (χ4v) is 2.59. The van der Waals surface area contributed by atoms with Crippen molar-refractivity contribution in [3.63, 3.8) is 0 Å². The van der Waals surface area contributed by atoms with Crippen LogP contribution in [0.5, 0.6) is 5.75 Å². The molecule has 0 unspecified atom stereocenters. The third-order valence-corrected chi connectivity index (χ3v) is 3.91. The zero-order valence-corrected chi connectivity index (χ0v) is 13.0. The number of amides is 1. The summed E-state index contributed by atoms with van der Waals surface area (Å²) >= 11 is 0. The Kier molecular flexibility index (Phi) is 4.81. The monoisotopic (exact) mass is 360 g/mol. The molecule has 3 N–H and O–H groups in total.